The third-order valence-electron chi connectivity index (χ3n) is 4.45. The SMILES string of the molecule is C.C.CC.CC.CP1(=O)Oc2ccccc2-c2ccccc21.c1ccc2ccccc2c1. The largest absolute Gasteiger partial charge is 0.439 e. The standard InChI is InChI=1S/C13H11O2P.C10H8.2C2H6.2CH4/c1-16(14)13-9-5-3-7-11(13)10-6-2-4-8-12(10)15-16;1-2-6-10-8-4-3-7-9(10)5-1;2*1-2;;/h2-9H,1H3;1-8H;2*1-2H3;2*1H4. The molecule has 2 nitrogen and oxygen atoms in total. The number of benzene rings is 4. The molecule has 0 radical (unpaired) electrons. The van der Waals surface area contributed by atoms with Crippen molar-refractivity contribution >= 4 is 23.4 Å². The molecule has 0 saturated heterocycles. The summed E-state index contributed by atoms with van der Waals surface area (Å²) < 4.78 is 18.0. The highest BCUT2D eigenvalue weighted by Gasteiger charge is 2.30. The van der Waals surface area contributed by atoms with E-state index < -0.39 is 7.37 Å². The number of fused-ring (bicyclic) bond motifs is 4. The summed E-state index contributed by atoms with van der Waals surface area (Å²) in [4.78, 5) is 0. The number of para-hydroxylation sites is 1. The fourth-order valence-electron chi connectivity index (χ4n) is 3.19. The van der Waals surface area contributed by atoms with Gasteiger partial charge in [0.2, 0.25) is 0 Å². The van der Waals surface area contributed by atoms with Gasteiger partial charge < -0.3 is 4.52 Å². The molecule has 0 fully saturated rings. The van der Waals surface area contributed by atoms with E-state index in [1.165, 1.54) is 10.8 Å². The summed E-state index contributed by atoms with van der Waals surface area (Å²) >= 11 is 0. The zero-order chi connectivity index (χ0) is 22.0. The van der Waals surface area contributed by atoms with Crippen molar-refractivity contribution < 1.29 is 9.09 Å². The van der Waals surface area contributed by atoms with Gasteiger partial charge in [0.05, 0.1) is 5.30 Å². The summed E-state index contributed by atoms with van der Waals surface area (Å²) in [6.45, 7) is 9.67. The van der Waals surface area contributed by atoms with Crippen LogP contribution in [0.15, 0.2) is 97.1 Å². The van der Waals surface area contributed by atoms with Crippen LogP contribution < -0.4 is 9.83 Å². The zero-order valence-electron chi connectivity index (χ0n) is 18.5. The predicted octanol–water partition coefficient (Wildman–Crippen LogP) is 9.44. The van der Waals surface area contributed by atoms with Crippen LogP contribution in [0.25, 0.3) is 21.9 Å². The molecule has 0 aliphatic carbocycles. The third kappa shape index (κ3) is 6.84. The summed E-state index contributed by atoms with van der Waals surface area (Å²) in [5, 5.41) is 3.43. The molecule has 4 aromatic rings. The fourth-order valence-corrected chi connectivity index (χ4v) is 4.82. The minimum Gasteiger partial charge on any atom is -0.439 e. The maximum Gasteiger partial charge on any atom is 0.274 e. The molecule has 1 heterocycles. The maximum atomic E-state index is 12.4. The van der Waals surface area contributed by atoms with Gasteiger partial charge in [0, 0.05) is 12.2 Å². The van der Waals surface area contributed by atoms with Gasteiger partial charge in [-0.25, -0.2) is 0 Å². The van der Waals surface area contributed by atoms with Crippen molar-refractivity contribution in [2.45, 2.75) is 42.5 Å². The normalized spacial score (nSPS) is 14.4. The molecular weight excluding hydrogens is 411 g/mol. The van der Waals surface area contributed by atoms with E-state index in [0.717, 1.165) is 16.4 Å². The Labute approximate surface area is 195 Å². The lowest BCUT2D eigenvalue weighted by Crippen LogP contribution is -2.16. The van der Waals surface area contributed by atoms with Gasteiger partial charge in [-0.05, 0) is 28.5 Å². The summed E-state index contributed by atoms with van der Waals surface area (Å²) in [5.74, 6) is 0.715. The van der Waals surface area contributed by atoms with Gasteiger partial charge in [0.15, 0.2) is 0 Å². The van der Waals surface area contributed by atoms with Gasteiger partial charge in [-0.2, -0.15) is 0 Å². The van der Waals surface area contributed by atoms with Gasteiger partial charge in [-0.3, -0.25) is 4.57 Å². The van der Waals surface area contributed by atoms with E-state index in [1.807, 2.05) is 76.2 Å². The van der Waals surface area contributed by atoms with Crippen LogP contribution in [0.1, 0.15) is 42.5 Å². The van der Waals surface area contributed by atoms with E-state index in [1.54, 1.807) is 6.66 Å². The summed E-state index contributed by atoms with van der Waals surface area (Å²) in [6.07, 6.45) is 0. The minimum atomic E-state index is -2.71. The van der Waals surface area contributed by atoms with Crippen LogP contribution in [0, 0.1) is 0 Å². The molecule has 1 atom stereocenters. The van der Waals surface area contributed by atoms with Crippen LogP contribution in [-0.2, 0) is 4.57 Å². The molecule has 3 heteroatoms. The molecule has 0 aromatic heterocycles. The Bertz CT molecular complexity index is 1050. The van der Waals surface area contributed by atoms with E-state index in [2.05, 4.69) is 48.5 Å². The summed E-state index contributed by atoms with van der Waals surface area (Å²) in [6, 6.07) is 32.2. The van der Waals surface area contributed by atoms with Crippen LogP contribution in [0.3, 0.4) is 0 Å². The van der Waals surface area contributed by atoms with Crippen molar-refractivity contribution in [1.82, 2.24) is 0 Å². The Morgan fingerprint density at radius 1 is 0.562 bits per heavy atom. The fraction of sp³-hybridized carbons (Fsp3) is 0.241. The van der Waals surface area contributed by atoms with E-state index >= 15 is 0 Å². The first-order valence-corrected chi connectivity index (χ1v) is 12.6. The first-order chi connectivity index (χ1) is 14.6. The number of hydrogen-bond donors (Lipinski definition) is 0. The topological polar surface area (TPSA) is 26.3 Å². The second-order valence-electron chi connectivity index (χ2n) is 6.30. The molecular formula is C29H39O2P. The van der Waals surface area contributed by atoms with Crippen molar-refractivity contribution in [3.63, 3.8) is 0 Å². The quantitative estimate of drug-likeness (QED) is 0.249. The lowest BCUT2D eigenvalue weighted by Gasteiger charge is -2.25. The maximum absolute atomic E-state index is 12.4. The second kappa shape index (κ2) is 14.3. The van der Waals surface area contributed by atoms with Gasteiger partial charge in [-0.1, -0.05) is 127 Å². The van der Waals surface area contributed by atoms with Crippen molar-refractivity contribution in [3.8, 4) is 16.9 Å². The predicted molar refractivity (Wildman–Crippen MR) is 146 cm³/mol. The van der Waals surface area contributed by atoms with Gasteiger partial charge in [0.1, 0.15) is 5.75 Å². The van der Waals surface area contributed by atoms with Crippen LogP contribution in [0.4, 0.5) is 0 Å². The highest BCUT2D eigenvalue weighted by molar-refractivity contribution is 7.67. The Hall–Kier alpha value is -2.83. The molecule has 1 aliphatic rings. The van der Waals surface area contributed by atoms with E-state index in [9.17, 15) is 4.57 Å². The van der Waals surface area contributed by atoms with Gasteiger partial charge in [0.25, 0.3) is 7.37 Å². The molecule has 0 bridgehead atoms. The average Bonchev–Trinajstić information content (AvgIpc) is 2.82. The summed E-state index contributed by atoms with van der Waals surface area (Å²) in [7, 11) is -2.71. The third-order valence-corrected chi connectivity index (χ3v) is 6.26. The highest BCUT2D eigenvalue weighted by Crippen LogP contribution is 2.51. The Morgan fingerprint density at radius 2 is 0.938 bits per heavy atom. The lowest BCUT2D eigenvalue weighted by atomic mass is 10.0. The molecule has 1 unspecified atom stereocenters. The van der Waals surface area contributed by atoms with Crippen molar-refractivity contribution in [1.29, 1.82) is 0 Å². The van der Waals surface area contributed by atoms with Crippen LogP contribution in [-0.4, -0.2) is 6.66 Å². The molecule has 0 N–H and O–H groups in total. The number of hydrogen-bond acceptors (Lipinski definition) is 2. The van der Waals surface area contributed by atoms with Crippen molar-refractivity contribution in [2.24, 2.45) is 0 Å². The minimum absolute atomic E-state index is 0. The van der Waals surface area contributed by atoms with Crippen LogP contribution >= 0.6 is 7.37 Å². The molecule has 1 aliphatic heterocycles. The summed E-state index contributed by atoms with van der Waals surface area (Å²) in [5.41, 5.74) is 2.04. The van der Waals surface area contributed by atoms with Crippen LogP contribution in [0.2, 0.25) is 0 Å². The first-order valence-electron chi connectivity index (χ1n) is 10.5. The molecule has 32 heavy (non-hydrogen) atoms. The Balaban J connectivity index is 0.000000524. The monoisotopic (exact) mass is 450 g/mol. The second-order valence-corrected chi connectivity index (χ2v) is 8.65. The molecule has 0 spiro atoms. The van der Waals surface area contributed by atoms with Crippen molar-refractivity contribution in [2.75, 3.05) is 6.66 Å². The van der Waals surface area contributed by atoms with E-state index in [-0.39, 0.29) is 14.9 Å². The lowest BCUT2D eigenvalue weighted by molar-refractivity contribution is 0.497. The molecule has 172 valence electrons. The van der Waals surface area contributed by atoms with E-state index in [0.29, 0.717) is 5.75 Å². The Morgan fingerprint density at radius 3 is 1.44 bits per heavy atom. The Kier molecular flexibility index (Phi) is 13.0. The van der Waals surface area contributed by atoms with E-state index in [4.69, 9.17) is 4.52 Å². The van der Waals surface area contributed by atoms with Gasteiger partial charge in [-0.15, -0.1) is 0 Å². The molecule has 4 aromatic carbocycles. The number of rotatable bonds is 0. The van der Waals surface area contributed by atoms with Gasteiger partial charge >= 0.3 is 0 Å². The molecule has 5 rings (SSSR count). The first kappa shape index (κ1) is 29.2. The highest BCUT2D eigenvalue weighted by atomic mass is 31.2. The van der Waals surface area contributed by atoms with Crippen LogP contribution in [0.5, 0.6) is 5.75 Å². The molecule has 0 saturated carbocycles. The zero-order valence-corrected chi connectivity index (χ0v) is 19.4. The van der Waals surface area contributed by atoms with Crippen molar-refractivity contribution in [3.05, 3.63) is 97.1 Å². The molecule has 0 amide bonds. The smallest absolute Gasteiger partial charge is 0.274 e. The average molecular weight is 451 g/mol.